The van der Waals surface area contributed by atoms with Crippen molar-refractivity contribution in [1.29, 1.82) is 0 Å². The Bertz CT molecular complexity index is 599. The smallest absolute Gasteiger partial charge is 0.521 e. The first-order valence-corrected chi connectivity index (χ1v) is 10.5. The first kappa shape index (κ1) is 23.1. The predicted molar refractivity (Wildman–Crippen MR) is 111 cm³/mol. The van der Waals surface area contributed by atoms with Crippen molar-refractivity contribution in [3.63, 3.8) is 0 Å². The predicted octanol–water partition coefficient (Wildman–Crippen LogP) is 4.84. The average Bonchev–Trinajstić information content (AvgIpc) is 2.66. The van der Waals surface area contributed by atoms with Gasteiger partial charge in [0.25, 0.3) is 0 Å². The highest BCUT2D eigenvalue weighted by atomic mass is 35.5. The number of quaternary nitrogens is 1. The van der Waals surface area contributed by atoms with E-state index in [0.29, 0.717) is 23.6 Å². The van der Waals surface area contributed by atoms with E-state index in [4.69, 9.17) is 21.1 Å². The lowest BCUT2D eigenvalue weighted by Gasteiger charge is -2.43. The molecule has 1 saturated carbocycles. The molecule has 0 bridgehead atoms. The van der Waals surface area contributed by atoms with Crippen molar-refractivity contribution < 1.29 is 18.9 Å². The highest BCUT2D eigenvalue weighted by molar-refractivity contribution is 6.30. The molecule has 0 saturated heterocycles. The maximum Gasteiger partial charge on any atom is 0.521 e. The van der Waals surface area contributed by atoms with Crippen LogP contribution in [0.15, 0.2) is 24.3 Å². The molecule has 7 heteroatoms. The highest BCUT2D eigenvalue weighted by Gasteiger charge is 2.37. The molecule has 1 atom stereocenters. The number of amides is 1. The topological polar surface area (TPSA) is 61.8 Å². The van der Waals surface area contributed by atoms with Crippen LogP contribution in [0.2, 0.25) is 5.02 Å². The number of benzene rings is 1. The van der Waals surface area contributed by atoms with Gasteiger partial charge >= 0.3 is 6.09 Å². The van der Waals surface area contributed by atoms with Crippen LogP contribution in [0, 0.1) is 5.21 Å². The van der Waals surface area contributed by atoms with Gasteiger partial charge in [0.1, 0.15) is 5.75 Å². The van der Waals surface area contributed by atoms with E-state index >= 15 is 0 Å². The van der Waals surface area contributed by atoms with Gasteiger partial charge in [-0.25, -0.2) is 0 Å². The molecular formula is C21H33ClN2O4. The third-order valence-corrected chi connectivity index (χ3v) is 5.58. The second kappa shape index (κ2) is 11.1. The molecule has 158 valence electrons. The van der Waals surface area contributed by atoms with Gasteiger partial charge in [-0.2, -0.15) is 4.79 Å². The molecule has 6 nitrogen and oxygen atoms in total. The summed E-state index contributed by atoms with van der Waals surface area (Å²) in [5.74, 6) is 0.334. The molecule has 1 unspecified atom stereocenters. The minimum absolute atomic E-state index is 0.192. The van der Waals surface area contributed by atoms with Crippen molar-refractivity contribution in [2.45, 2.75) is 57.1 Å². The Hall–Kier alpha value is -1.18. The van der Waals surface area contributed by atoms with E-state index in [1.54, 1.807) is 24.3 Å². The lowest BCUT2D eigenvalue weighted by molar-refractivity contribution is -0.814. The van der Waals surface area contributed by atoms with Crippen LogP contribution in [-0.4, -0.2) is 62.1 Å². The Morgan fingerprint density at radius 3 is 2.39 bits per heavy atom. The van der Waals surface area contributed by atoms with Gasteiger partial charge in [-0.05, 0) is 77.0 Å². The van der Waals surface area contributed by atoms with Gasteiger partial charge in [0.05, 0.1) is 19.2 Å². The summed E-state index contributed by atoms with van der Waals surface area (Å²) in [5.41, 5.74) is 0. The summed E-state index contributed by atoms with van der Waals surface area (Å²) < 4.78 is 10.2. The Labute approximate surface area is 173 Å². The quantitative estimate of drug-likeness (QED) is 0.330. The van der Waals surface area contributed by atoms with Crippen molar-refractivity contribution in [3.8, 4) is 5.75 Å². The fourth-order valence-electron chi connectivity index (χ4n) is 3.50. The second-order valence-electron chi connectivity index (χ2n) is 7.98. The number of carbonyl (C=O) groups is 1. The van der Waals surface area contributed by atoms with Crippen molar-refractivity contribution in [2.24, 2.45) is 0 Å². The first-order chi connectivity index (χ1) is 13.3. The fraction of sp³-hybridized carbons (Fsp3) is 0.667. The number of ether oxygens (including phenoxy) is 2. The van der Waals surface area contributed by atoms with Crippen LogP contribution in [-0.2, 0) is 4.74 Å². The minimum atomic E-state index is -1.01. The summed E-state index contributed by atoms with van der Waals surface area (Å²) in [5, 5.41) is 13.5. The summed E-state index contributed by atoms with van der Waals surface area (Å²) in [7, 11) is 5.56. The molecule has 0 radical (unpaired) electrons. The number of rotatable bonds is 9. The number of halogens is 1. The van der Waals surface area contributed by atoms with Crippen molar-refractivity contribution in [1.82, 2.24) is 4.90 Å². The normalized spacial score (nSPS) is 22.1. The van der Waals surface area contributed by atoms with Gasteiger partial charge in [0.2, 0.25) is 0 Å². The molecule has 0 aliphatic heterocycles. The van der Waals surface area contributed by atoms with E-state index in [9.17, 15) is 10.0 Å². The number of carbonyl (C=O) groups excluding carboxylic acids is 1. The second-order valence-corrected chi connectivity index (χ2v) is 8.41. The molecule has 1 aromatic rings. The van der Waals surface area contributed by atoms with Gasteiger partial charge in [0, 0.05) is 24.5 Å². The molecule has 2 rings (SSSR count). The zero-order valence-electron chi connectivity index (χ0n) is 17.2. The van der Waals surface area contributed by atoms with E-state index in [-0.39, 0.29) is 12.1 Å². The number of nitrogens with zero attached hydrogens (tertiary/aromatic N) is 2. The monoisotopic (exact) mass is 412 g/mol. The molecule has 0 heterocycles. The van der Waals surface area contributed by atoms with E-state index in [1.165, 1.54) is 19.9 Å². The van der Waals surface area contributed by atoms with Crippen LogP contribution in [0.5, 0.6) is 5.75 Å². The van der Waals surface area contributed by atoms with Crippen LogP contribution in [0.4, 0.5) is 4.79 Å². The largest absolute Gasteiger partial charge is 0.622 e. The molecule has 1 aliphatic carbocycles. The number of hydrogen-bond donors (Lipinski definition) is 0. The highest BCUT2D eigenvalue weighted by Crippen LogP contribution is 2.29. The van der Waals surface area contributed by atoms with Gasteiger partial charge in [0.15, 0.2) is 0 Å². The third-order valence-electron chi connectivity index (χ3n) is 5.33. The molecule has 1 amide bonds. The lowest BCUT2D eigenvalue weighted by atomic mass is 9.92. The standard InChI is InChI=1S/C21H33ClN2O4/c1-23(2)15-5-4-6-16-27-19-13-9-18(10-14-19)24(3,26)21(25)28-20-11-7-17(22)8-12-20/h7-8,11-12,18-19H,4-6,9-10,13-16H2,1-3H3/t18-,19-,24?. The number of hydrogen-bond acceptors (Lipinski definition) is 5. The van der Waals surface area contributed by atoms with Crippen LogP contribution in [0.25, 0.3) is 0 Å². The van der Waals surface area contributed by atoms with Crippen LogP contribution < -0.4 is 4.74 Å². The summed E-state index contributed by atoms with van der Waals surface area (Å²) in [6, 6.07) is 6.14. The SMILES string of the molecule is CN(C)CCCCCO[C@H]1CC[C@H]([N+](C)([O-])C(=O)Oc2ccc(Cl)cc2)CC1. The molecule has 0 aromatic heterocycles. The lowest BCUT2D eigenvalue weighted by Crippen LogP contribution is -2.54. The molecule has 0 N–H and O–H groups in total. The van der Waals surface area contributed by atoms with Crippen molar-refractivity contribution in [3.05, 3.63) is 34.5 Å². The molecule has 1 aliphatic rings. The number of hydroxylamine groups is 3. The van der Waals surface area contributed by atoms with E-state index in [2.05, 4.69) is 19.0 Å². The summed E-state index contributed by atoms with van der Waals surface area (Å²) in [6.45, 7) is 1.88. The van der Waals surface area contributed by atoms with Gasteiger partial charge < -0.3 is 19.6 Å². The fourth-order valence-corrected chi connectivity index (χ4v) is 3.63. The number of unbranched alkanes of at least 4 members (excludes halogenated alkanes) is 2. The van der Waals surface area contributed by atoms with Gasteiger partial charge in [-0.3, -0.25) is 4.65 Å². The zero-order valence-corrected chi connectivity index (χ0v) is 18.0. The Morgan fingerprint density at radius 1 is 1.14 bits per heavy atom. The zero-order chi connectivity index (χ0) is 20.6. The van der Waals surface area contributed by atoms with Crippen molar-refractivity contribution in [2.75, 3.05) is 34.3 Å². The van der Waals surface area contributed by atoms with Crippen molar-refractivity contribution >= 4 is 17.7 Å². The van der Waals surface area contributed by atoms with Crippen LogP contribution in [0.3, 0.4) is 0 Å². The van der Waals surface area contributed by atoms with Crippen LogP contribution in [0.1, 0.15) is 44.9 Å². The first-order valence-electron chi connectivity index (χ1n) is 10.1. The van der Waals surface area contributed by atoms with Crippen LogP contribution >= 0.6 is 11.6 Å². The molecule has 1 aromatic carbocycles. The third kappa shape index (κ3) is 7.33. The summed E-state index contributed by atoms with van der Waals surface area (Å²) in [6.07, 6.45) is 5.78. The molecule has 1 fully saturated rings. The van der Waals surface area contributed by atoms with E-state index in [0.717, 1.165) is 32.4 Å². The Kier molecular flexibility index (Phi) is 9.18. The Morgan fingerprint density at radius 2 is 1.79 bits per heavy atom. The maximum atomic E-state index is 12.9. The van der Waals surface area contributed by atoms with E-state index in [1.807, 2.05) is 0 Å². The molecule has 28 heavy (non-hydrogen) atoms. The molecule has 0 spiro atoms. The molecular weight excluding hydrogens is 380 g/mol. The minimum Gasteiger partial charge on any atom is -0.622 e. The maximum absolute atomic E-state index is 12.9. The van der Waals surface area contributed by atoms with Gasteiger partial charge in [-0.1, -0.05) is 11.6 Å². The summed E-state index contributed by atoms with van der Waals surface area (Å²) >= 11 is 5.83. The summed E-state index contributed by atoms with van der Waals surface area (Å²) in [4.78, 5) is 14.6. The van der Waals surface area contributed by atoms with Gasteiger partial charge in [-0.15, -0.1) is 0 Å². The Balaban J connectivity index is 1.70. The average molecular weight is 413 g/mol. The van der Waals surface area contributed by atoms with E-state index < -0.39 is 10.7 Å².